The number of unbranched alkanes of at least 4 members (excludes halogenated alkanes) is 1. The van der Waals surface area contributed by atoms with Crippen molar-refractivity contribution in [1.82, 2.24) is 14.5 Å². The number of fused-ring (bicyclic) bond motifs is 1. The van der Waals surface area contributed by atoms with Crippen LogP contribution in [0.15, 0.2) is 33.9 Å². The number of para-hydroxylation sites is 1. The molecule has 3 N–H and O–H groups in total. The zero-order valence-corrected chi connectivity index (χ0v) is 20.5. The molecular weight excluding hydrogens is 450 g/mol. The van der Waals surface area contributed by atoms with E-state index in [1.54, 1.807) is 13.8 Å². The van der Waals surface area contributed by atoms with Crippen molar-refractivity contribution in [2.24, 2.45) is 0 Å². The van der Waals surface area contributed by atoms with E-state index < -0.39 is 29.7 Å². The standard InChI is InChI=1S/C25H31N5O5/c1-5-7-13-29(21-22(26)30(12-6-2)25(34)28-23(21)32)19(31)14-35-24(33)20-15(3)17-10-8-9-11-18(17)27-16(20)4/h8-11H,5-7,12-14,26H2,1-4H3,(H,28,32,34). The first kappa shape index (κ1) is 25.7. The van der Waals surface area contributed by atoms with Crippen molar-refractivity contribution in [3.8, 4) is 0 Å². The SMILES string of the molecule is CCCCN(C(=O)COC(=O)c1c(C)nc2ccccc2c1C)c1c(N)n(CCC)c(=O)[nH]c1=O. The number of hydrogen-bond acceptors (Lipinski definition) is 7. The van der Waals surface area contributed by atoms with Crippen molar-refractivity contribution in [2.75, 3.05) is 23.8 Å². The number of anilines is 2. The van der Waals surface area contributed by atoms with E-state index in [-0.39, 0.29) is 24.6 Å². The molecule has 0 spiro atoms. The van der Waals surface area contributed by atoms with E-state index in [9.17, 15) is 19.2 Å². The van der Waals surface area contributed by atoms with Crippen molar-refractivity contribution < 1.29 is 14.3 Å². The molecule has 10 heteroatoms. The van der Waals surface area contributed by atoms with Crippen LogP contribution < -0.4 is 21.9 Å². The molecule has 0 aliphatic carbocycles. The number of aromatic nitrogens is 3. The number of carbonyl (C=O) groups is 2. The Kier molecular flexibility index (Phi) is 8.06. The number of rotatable bonds is 9. The van der Waals surface area contributed by atoms with Crippen LogP contribution in [-0.4, -0.2) is 39.6 Å². The Morgan fingerprint density at radius 3 is 2.54 bits per heavy atom. The summed E-state index contributed by atoms with van der Waals surface area (Å²) >= 11 is 0. The van der Waals surface area contributed by atoms with Crippen LogP contribution >= 0.6 is 0 Å². The summed E-state index contributed by atoms with van der Waals surface area (Å²) in [7, 11) is 0. The number of hydrogen-bond donors (Lipinski definition) is 2. The summed E-state index contributed by atoms with van der Waals surface area (Å²) in [5.41, 5.74) is 6.90. The summed E-state index contributed by atoms with van der Waals surface area (Å²) in [6.07, 6.45) is 1.93. The number of aryl methyl sites for hydroxylation is 2. The van der Waals surface area contributed by atoms with Gasteiger partial charge in [-0.05, 0) is 38.3 Å². The molecule has 35 heavy (non-hydrogen) atoms. The number of carbonyl (C=O) groups excluding carboxylic acids is 2. The Labute approximate surface area is 202 Å². The molecule has 3 rings (SSSR count). The molecule has 1 amide bonds. The van der Waals surface area contributed by atoms with Crippen LogP contribution in [0.1, 0.15) is 54.7 Å². The third-order valence-electron chi connectivity index (χ3n) is 5.83. The molecule has 0 unspecified atom stereocenters. The van der Waals surface area contributed by atoms with Crippen LogP contribution in [-0.2, 0) is 16.1 Å². The van der Waals surface area contributed by atoms with Crippen molar-refractivity contribution >= 4 is 34.3 Å². The van der Waals surface area contributed by atoms with Gasteiger partial charge in [0.25, 0.3) is 11.5 Å². The lowest BCUT2D eigenvalue weighted by Gasteiger charge is -2.24. The Bertz CT molecular complexity index is 1380. The second-order valence-corrected chi connectivity index (χ2v) is 8.33. The quantitative estimate of drug-likeness (QED) is 0.448. The minimum absolute atomic E-state index is 0.0956. The lowest BCUT2D eigenvalue weighted by molar-refractivity contribution is -0.121. The predicted octanol–water partition coefficient (Wildman–Crippen LogP) is 2.68. The largest absolute Gasteiger partial charge is 0.452 e. The van der Waals surface area contributed by atoms with Gasteiger partial charge in [0.15, 0.2) is 12.3 Å². The lowest BCUT2D eigenvalue weighted by Crippen LogP contribution is -2.43. The number of nitrogens with zero attached hydrogens (tertiary/aromatic N) is 3. The lowest BCUT2D eigenvalue weighted by atomic mass is 10.0. The first-order chi connectivity index (χ1) is 16.7. The molecule has 0 saturated heterocycles. The number of pyridine rings is 1. The molecule has 0 fully saturated rings. The highest BCUT2D eigenvalue weighted by molar-refractivity contribution is 6.01. The van der Waals surface area contributed by atoms with Crippen molar-refractivity contribution in [3.05, 3.63) is 61.9 Å². The summed E-state index contributed by atoms with van der Waals surface area (Å²) < 4.78 is 6.60. The summed E-state index contributed by atoms with van der Waals surface area (Å²) in [5, 5.41) is 0.818. The molecule has 186 valence electrons. The molecule has 10 nitrogen and oxygen atoms in total. The van der Waals surface area contributed by atoms with E-state index in [1.807, 2.05) is 38.1 Å². The van der Waals surface area contributed by atoms with E-state index in [4.69, 9.17) is 10.5 Å². The van der Waals surface area contributed by atoms with E-state index in [1.165, 1.54) is 9.47 Å². The molecule has 1 aromatic carbocycles. The average molecular weight is 482 g/mol. The highest BCUT2D eigenvalue weighted by Crippen LogP contribution is 2.23. The Balaban J connectivity index is 1.90. The van der Waals surface area contributed by atoms with Crippen LogP contribution in [0.2, 0.25) is 0 Å². The molecule has 0 saturated carbocycles. The second-order valence-electron chi connectivity index (χ2n) is 8.33. The van der Waals surface area contributed by atoms with Gasteiger partial charge in [0.1, 0.15) is 5.82 Å². The Morgan fingerprint density at radius 2 is 1.86 bits per heavy atom. The van der Waals surface area contributed by atoms with Gasteiger partial charge >= 0.3 is 11.7 Å². The average Bonchev–Trinajstić information content (AvgIpc) is 2.82. The van der Waals surface area contributed by atoms with Gasteiger partial charge in [-0.1, -0.05) is 38.5 Å². The highest BCUT2D eigenvalue weighted by atomic mass is 16.5. The minimum atomic E-state index is -0.763. The van der Waals surface area contributed by atoms with Gasteiger partial charge < -0.3 is 15.4 Å². The number of aromatic amines is 1. The van der Waals surface area contributed by atoms with Gasteiger partial charge in [-0.25, -0.2) is 9.59 Å². The normalized spacial score (nSPS) is 11.0. The summed E-state index contributed by atoms with van der Waals surface area (Å²) in [4.78, 5) is 58.8. The molecule has 0 aliphatic rings. The molecule has 0 aliphatic heterocycles. The number of nitrogen functional groups attached to an aromatic ring is 1. The van der Waals surface area contributed by atoms with Crippen LogP contribution in [0, 0.1) is 13.8 Å². The number of esters is 1. The zero-order chi connectivity index (χ0) is 25.7. The monoisotopic (exact) mass is 481 g/mol. The van der Waals surface area contributed by atoms with Gasteiger partial charge in [0.2, 0.25) is 0 Å². The van der Waals surface area contributed by atoms with E-state index in [0.717, 1.165) is 17.3 Å². The summed E-state index contributed by atoms with van der Waals surface area (Å²) in [6.45, 7) is 7.18. The number of nitrogens with two attached hydrogens (primary N) is 1. The fourth-order valence-electron chi connectivity index (χ4n) is 4.07. The summed E-state index contributed by atoms with van der Waals surface area (Å²) in [5.74, 6) is -1.39. The maximum absolute atomic E-state index is 13.2. The molecule has 2 heterocycles. The predicted molar refractivity (Wildman–Crippen MR) is 135 cm³/mol. The number of amides is 1. The molecule has 0 bridgehead atoms. The number of nitrogens with one attached hydrogen (secondary N) is 1. The maximum atomic E-state index is 13.2. The fraction of sp³-hybridized carbons (Fsp3) is 0.400. The third-order valence-corrected chi connectivity index (χ3v) is 5.83. The first-order valence-corrected chi connectivity index (χ1v) is 11.7. The number of ether oxygens (including phenoxy) is 1. The van der Waals surface area contributed by atoms with Crippen molar-refractivity contribution in [3.63, 3.8) is 0 Å². The fourth-order valence-corrected chi connectivity index (χ4v) is 4.07. The van der Waals surface area contributed by atoms with Crippen LogP contribution in [0.4, 0.5) is 11.5 Å². The second kappa shape index (κ2) is 11.0. The summed E-state index contributed by atoms with van der Waals surface area (Å²) in [6, 6.07) is 7.45. The third kappa shape index (κ3) is 5.26. The van der Waals surface area contributed by atoms with Crippen LogP contribution in [0.25, 0.3) is 10.9 Å². The van der Waals surface area contributed by atoms with E-state index in [0.29, 0.717) is 29.7 Å². The molecule has 3 aromatic rings. The van der Waals surface area contributed by atoms with E-state index in [2.05, 4.69) is 9.97 Å². The smallest absolute Gasteiger partial charge is 0.340 e. The Hall–Kier alpha value is -3.95. The molecule has 2 aromatic heterocycles. The van der Waals surface area contributed by atoms with Crippen LogP contribution in [0.3, 0.4) is 0 Å². The molecule has 0 atom stereocenters. The van der Waals surface area contributed by atoms with E-state index >= 15 is 0 Å². The first-order valence-electron chi connectivity index (χ1n) is 11.7. The van der Waals surface area contributed by atoms with Gasteiger partial charge in [0.05, 0.1) is 16.8 Å². The van der Waals surface area contributed by atoms with Gasteiger partial charge in [0, 0.05) is 18.5 Å². The maximum Gasteiger partial charge on any atom is 0.340 e. The van der Waals surface area contributed by atoms with Crippen molar-refractivity contribution in [1.29, 1.82) is 0 Å². The number of benzene rings is 1. The topological polar surface area (TPSA) is 140 Å². The highest BCUT2D eigenvalue weighted by Gasteiger charge is 2.26. The zero-order valence-electron chi connectivity index (χ0n) is 20.5. The van der Waals surface area contributed by atoms with Crippen molar-refractivity contribution in [2.45, 2.75) is 53.5 Å². The van der Waals surface area contributed by atoms with Gasteiger partial charge in [-0.2, -0.15) is 0 Å². The van der Waals surface area contributed by atoms with Gasteiger partial charge in [-0.3, -0.25) is 24.1 Å². The van der Waals surface area contributed by atoms with Crippen LogP contribution in [0.5, 0.6) is 0 Å². The Morgan fingerprint density at radius 1 is 1.14 bits per heavy atom. The molecule has 0 radical (unpaired) electrons. The molecular formula is C25H31N5O5. The number of H-pyrrole nitrogens is 1. The van der Waals surface area contributed by atoms with Gasteiger partial charge in [-0.15, -0.1) is 0 Å². The minimum Gasteiger partial charge on any atom is -0.452 e.